The summed E-state index contributed by atoms with van der Waals surface area (Å²) in [6, 6.07) is -1.72. The van der Waals surface area contributed by atoms with Gasteiger partial charge in [0.25, 0.3) is 0 Å². The summed E-state index contributed by atoms with van der Waals surface area (Å²) in [6.45, 7) is 1.45. The smallest absolute Gasteiger partial charge is 0.328 e. The van der Waals surface area contributed by atoms with Gasteiger partial charge in [0.05, 0.1) is 0 Å². The maximum Gasteiger partial charge on any atom is 0.328 e. The second kappa shape index (κ2) is 6.50. The second-order valence-electron chi connectivity index (χ2n) is 4.28. The molecule has 0 saturated carbocycles. The topological polar surface area (TPSA) is 116 Å². The van der Waals surface area contributed by atoms with Gasteiger partial charge >= 0.3 is 12.0 Å². The van der Waals surface area contributed by atoms with E-state index in [2.05, 4.69) is 10.6 Å². The van der Waals surface area contributed by atoms with Crippen molar-refractivity contribution in [3.05, 3.63) is 0 Å². The first-order valence-corrected chi connectivity index (χ1v) is 7.31. The molecule has 3 N–H and O–H groups in total. The van der Waals surface area contributed by atoms with Crippen LogP contribution in [-0.2, 0) is 20.4 Å². The number of carbonyl (C=O) groups excluding carboxylic acids is 2. The SMILES string of the molecule is CC(CNC(=O)N1CC(=O)NCC1C(=O)O)S(C)=O. The van der Waals surface area contributed by atoms with Crippen LogP contribution in [0.4, 0.5) is 4.79 Å². The van der Waals surface area contributed by atoms with Crippen LogP contribution in [0.1, 0.15) is 6.92 Å². The largest absolute Gasteiger partial charge is 0.480 e. The summed E-state index contributed by atoms with van der Waals surface area (Å²) in [6.07, 6.45) is 1.52. The molecule has 1 rings (SSSR count). The van der Waals surface area contributed by atoms with Gasteiger partial charge in [-0.05, 0) is 6.92 Å². The number of urea groups is 1. The minimum atomic E-state index is -1.18. The lowest BCUT2D eigenvalue weighted by Gasteiger charge is -2.32. The van der Waals surface area contributed by atoms with Crippen LogP contribution in [-0.4, -0.2) is 69.3 Å². The molecule has 9 heteroatoms. The lowest BCUT2D eigenvalue weighted by atomic mass is 10.2. The number of carboxylic acids is 1. The minimum absolute atomic E-state index is 0.114. The number of hydrogen-bond donors (Lipinski definition) is 3. The van der Waals surface area contributed by atoms with E-state index in [9.17, 15) is 18.6 Å². The molecule has 3 amide bonds. The Hall–Kier alpha value is -1.64. The molecule has 108 valence electrons. The summed E-state index contributed by atoms with van der Waals surface area (Å²) in [4.78, 5) is 35.0. The Morgan fingerprint density at radius 2 is 2.26 bits per heavy atom. The van der Waals surface area contributed by atoms with E-state index < -0.39 is 34.7 Å². The molecule has 1 saturated heterocycles. The lowest BCUT2D eigenvalue weighted by Crippen LogP contribution is -2.61. The van der Waals surface area contributed by atoms with Crippen LogP contribution < -0.4 is 10.6 Å². The van der Waals surface area contributed by atoms with Gasteiger partial charge in [-0.25, -0.2) is 9.59 Å². The van der Waals surface area contributed by atoms with Crippen LogP contribution in [0.3, 0.4) is 0 Å². The number of rotatable bonds is 4. The number of piperazine rings is 1. The van der Waals surface area contributed by atoms with Crippen molar-refractivity contribution >= 4 is 28.7 Å². The first-order chi connectivity index (χ1) is 8.82. The molecule has 1 aliphatic heterocycles. The maximum atomic E-state index is 11.9. The van der Waals surface area contributed by atoms with E-state index in [0.29, 0.717) is 0 Å². The van der Waals surface area contributed by atoms with Gasteiger partial charge in [0, 0.05) is 35.4 Å². The molecule has 19 heavy (non-hydrogen) atoms. The number of nitrogens with zero attached hydrogens (tertiary/aromatic N) is 1. The van der Waals surface area contributed by atoms with Crippen LogP contribution in [0.2, 0.25) is 0 Å². The van der Waals surface area contributed by atoms with Gasteiger partial charge in [-0.15, -0.1) is 0 Å². The summed E-state index contributed by atoms with van der Waals surface area (Å²) in [5.41, 5.74) is 0. The average Bonchev–Trinajstić information content (AvgIpc) is 2.34. The first kappa shape index (κ1) is 15.4. The van der Waals surface area contributed by atoms with Gasteiger partial charge in [-0.3, -0.25) is 13.9 Å². The summed E-state index contributed by atoms with van der Waals surface area (Å²) in [5.74, 6) is -1.58. The van der Waals surface area contributed by atoms with Gasteiger partial charge in [0.15, 0.2) is 0 Å². The van der Waals surface area contributed by atoms with Crippen LogP contribution in [0.25, 0.3) is 0 Å². The maximum absolute atomic E-state index is 11.9. The molecule has 0 aromatic heterocycles. The molecule has 8 nitrogen and oxygen atoms in total. The summed E-state index contributed by atoms with van der Waals surface area (Å²) in [7, 11) is -1.09. The normalized spacial score (nSPS) is 22.3. The van der Waals surface area contributed by atoms with Crippen molar-refractivity contribution < 1.29 is 23.7 Å². The third-order valence-electron chi connectivity index (χ3n) is 2.84. The molecule has 3 atom stereocenters. The van der Waals surface area contributed by atoms with E-state index in [4.69, 9.17) is 5.11 Å². The van der Waals surface area contributed by atoms with Crippen molar-refractivity contribution in [3.63, 3.8) is 0 Å². The van der Waals surface area contributed by atoms with E-state index in [0.717, 1.165) is 4.90 Å². The third-order valence-corrected chi connectivity index (χ3v) is 4.14. The molecule has 1 heterocycles. The van der Waals surface area contributed by atoms with Crippen molar-refractivity contribution in [1.82, 2.24) is 15.5 Å². The van der Waals surface area contributed by atoms with Crippen molar-refractivity contribution in [3.8, 4) is 0 Å². The predicted octanol–water partition coefficient (Wildman–Crippen LogP) is -1.65. The highest BCUT2D eigenvalue weighted by Gasteiger charge is 2.35. The zero-order valence-corrected chi connectivity index (χ0v) is 11.5. The Morgan fingerprint density at radius 1 is 1.63 bits per heavy atom. The number of carboxylic acid groups (broad SMARTS) is 1. The van der Waals surface area contributed by atoms with E-state index in [1.807, 2.05) is 0 Å². The summed E-state index contributed by atoms with van der Waals surface area (Å²) in [5, 5.41) is 13.6. The van der Waals surface area contributed by atoms with Gasteiger partial charge in [0.1, 0.15) is 12.6 Å². The molecule has 0 radical (unpaired) electrons. The fourth-order valence-corrected chi connectivity index (χ4v) is 1.84. The van der Waals surface area contributed by atoms with Crippen LogP contribution in [0.5, 0.6) is 0 Å². The predicted molar refractivity (Wildman–Crippen MR) is 68.1 cm³/mol. The van der Waals surface area contributed by atoms with Gasteiger partial charge in [-0.1, -0.05) is 0 Å². The fraction of sp³-hybridized carbons (Fsp3) is 0.700. The summed E-state index contributed by atoms with van der Waals surface area (Å²) < 4.78 is 11.1. The van der Waals surface area contributed by atoms with E-state index in [1.165, 1.54) is 6.26 Å². The van der Waals surface area contributed by atoms with Crippen LogP contribution in [0.15, 0.2) is 0 Å². The highest BCUT2D eigenvalue weighted by molar-refractivity contribution is 7.84. The van der Waals surface area contributed by atoms with E-state index >= 15 is 0 Å². The van der Waals surface area contributed by atoms with Gasteiger partial charge < -0.3 is 15.7 Å². The Morgan fingerprint density at radius 3 is 2.79 bits per heavy atom. The number of aliphatic carboxylic acids is 1. The Kier molecular flexibility index (Phi) is 5.28. The molecular formula is C10H17N3O5S. The van der Waals surface area contributed by atoms with E-state index in [-0.39, 0.29) is 24.9 Å². The second-order valence-corrected chi connectivity index (χ2v) is 6.08. The molecular weight excluding hydrogens is 274 g/mol. The Balaban J connectivity index is 2.63. The number of amides is 3. The van der Waals surface area contributed by atoms with Crippen molar-refractivity contribution in [1.29, 1.82) is 0 Å². The fourth-order valence-electron chi connectivity index (χ4n) is 1.53. The number of hydrogen-bond acceptors (Lipinski definition) is 4. The van der Waals surface area contributed by atoms with Crippen LogP contribution >= 0.6 is 0 Å². The Bertz CT molecular complexity index is 414. The highest BCUT2D eigenvalue weighted by Crippen LogP contribution is 2.05. The van der Waals surface area contributed by atoms with Crippen molar-refractivity contribution in [2.45, 2.75) is 18.2 Å². The molecule has 3 unspecified atom stereocenters. The standard InChI is InChI=1S/C10H17N3O5S/c1-6(19(2)18)3-12-10(17)13-5-8(14)11-4-7(13)9(15)16/h6-7H,3-5H2,1-2H3,(H,11,14)(H,12,17)(H,15,16). The molecule has 1 aliphatic rings. The molecule has 0 aromatic rings. The van der Waals surface area contributed by atoms with E-state index in [1.54, 1.807) is 6.92 Å². The lowest BCUT2D eigenvalue weighted by molar-refractivity contribution is -0.144. The van der Waals surface area contributed by atoms with Gasteiger partial charge in [0.2, 0.25) is 5.91 Å². The van der Waals surface area contributed by atoms with Gasteiger partial charge in [-0.2, -0.15) is 0 Å². The quantitative estimate of drug-likeness (QED) is 0.574. The number of nitrogens with one attached hydrogen (secondary N) is 2. The molecule has 0 bridgehead atoms. The van der Waals surface area contributed by atoms with Crippen molar-refractivity contribution in [2.75, 3.05) is 25.9 Å². The number of carbonyl (C=O) groups is 3. The molecule has 0 aromatic carbocycles. The Labute approximate surface area is 113 Å². The average molecular weight is 291 g/mol. The van der Waals surface area contributed by atoms with Crippen LogP contribution in [0, 0.1) is 0 Å². The zero-order valence-electron chi connectivity index (χ0n) is 10.7. The first-order valence-electron chi connectivity index (χ1n) is 5.69. The molecule has 0 aliphatic carbocycles. The molecule has 0 spiro atoms. The van der Waals surface area contributed by atoms with Crippen molar-refractivity contribution in [2.24, 2.45) is 0 Å². The zero-order chi connectivity index (χ0) is 14.6. The monoisotopic (exact) mass is 291 g/mol. The minimum Gasteiger partial charge on any atom is -0.480 e. The highest BCUT2D eigenvalue weighted by atomic mass is 32.2. The third kappa shape index (κ3) is 4.19. The summed E-state index contributed by atoms with van der Waals surface area (Å²) >= 11 is 0. The molecule has 1 fully saturated rings.